The molecule has 0 saturated heterocycles. The van der Waals surface area contributed by atoms with Gasteiger partial charge in [-0.3, -0.25) is 0 Å². The minimum atomic E-state index is -3.56. The number of nitriles is 1. The lowest BCUT2D eigenvalue weighted by molar-refractivity contribution is 0.561. The summed E-state index contributed by atoms with van der Waals surface area (Å²) in [5.41, 5.74) is 0. The molecule has 1 fully saturated rings. The highest BCUT2D eigenvalue weighted by atomic mass is 79.9. The summed E-state index contributed by atoms with van der Waals surface area (Å²) in [7, 11) is -3.56. The van der Waals surface area contributed by atoms with Crippen LogP contribution in [0, 0.1) is 17.2 Å². The molecule has 1 N–H and O–H groups in total. The molecule has 1 aromatic heterocycles. The number of hydrogen-bond acceptors (Lipinski definition) is 4. The van der Waals surface area contributed by atoms with E-state index in [2.05, 4.69) is 20.7 Å². The smallest absolute Gasteiger partial charge is 0.206 e. The van der Waals surface area contributed by atoms with E-state index >= 15 is 0 Å². The van der Waals surface area contributed by atoms with Gasteiger partial charge in [0.25, 0.3) is 10.0 Å². The van der Waals surface area contributed by atoms with Crippen molar-refractivity contribution in [3.8, 4) is 6.07 Å². The molecule has 2 rings (SSSR count). The fourth-order valence-corrected chi connectivity index (χ4v) is 4.91. The summed E-state index contributed by atoms with van der Waals surface area (Å²) < 4.78 is 27.1. The van der Waals surface area contributed by atoms with Gasteiger partial charge in [-0.1, -0.05) is 0 Å². The first-order valence-electron chi connectivity index (χ1n) is 4.69. The molecule has 4 nitrogen and oxygen atoms in total. The number of thiophene rings is 1. The van der Waals surface area contributed by atoms with E-state index in [1.54, 1.807) is 11.4 Å². The predicted molar refractivity (Wildman–Crippen MR) is 64.5 cm³/mol. The molecule has 0 aromatic carbocycles. The Kier molecular flexibility index (Phi) is 3.35. The van der Waals surface area contributed by atoms with Crippen LogP contribution < -0.4 is 4.72 Å². The third-order valence-corrected chi connectivity index (χ3v) is 6.45. The predicted octanol–water partition coefficient (Wildman–Crippen LogP) is 2.09. The summed E-state index contributed by atoms with van der Waals surface area (Å²) >= 11 is 4.31. The van der Waals surface area contributed by atoms with Gasteiger partial charge in [0.05, 0.1) is 6.07 Å². The molecule has 1 unspecified atom stereocenters. The lowest BCUT2D eigenvalue weighted by Gasteiger charge is -2.09. The van der Waals surface area contributed by atoms with Crippen molar-refractivity contribution in [1.29, 1.82) is 5.26 Å². The van der Waals surface area contributed by atoms with Crippen LogP contribution in [-0.2, 0) is 10.0 Å². The molecular weight excluding hydrogens is 312 g/mol. The van der Waals surface area contributed by atoms with Crippen LogP contribution in [0.1, 0.15) is 12.8 Å². The lowest BCUT2D eigenvalue weighted by atomic mass is 10.2. The van der Waals surface area contributed by atoms with Gasteiger partial charge in [0.2, 0.25) is 0 Å². The summed E-state index contributed by atoms with van der Waals surface area (Å²) in [6.45, 7) is 0. The molecule has 0 spiro atoms. The topological polar surface area (TPSA) is 70.0 Å². The molecule has 0 amide bonds. The Morgan fingerprint density at radius 1 is 1.62 bits per heavy atom. The van der Waals surface area contributed by atoms with Gasteiger partial charge in [-0.2, -0.15) is 9.98 Å². The Balaban J connectivity index is 2.20. The van der Waals surface area contributed by atoms with E-state index in [0.717, 1.165) is 24.2 Å². The maximum Gasteiger partial charge on any atom is 0.252 e. The van der Waals surface area contributed by atoms with Crippen molar-refractivity contribution in [2.75, 3.05) is 0 Å². The zero-order valence-corrected chi connectivity index (χ0v) is 11.4. The third kappa shape index (κ3) is 2.46. The molecule has 1 saturated carbocycles. The van der Waals surface area contributed by atoms with Crippen molar-refractivity contribution >= 4 is 37.3 Å². The highest BCUT2D eigenvalue weighted by Gasteiger charge is 2.35. The number of hydrogen-bond donors (Lipinski definition) is 1. The van der Waals surface area contributed by atoms with Crippen LogP contribution in [0.15, 0.2) is 20.1 Å². The third-order valence-electron chi connectivity index (χ3n) is 2.34. The van der Waals surface area contributed by atoms with E-state index < -0.39 is 16.1 Å². The van der Waals surface area contributed by atoms with Gasteiger partial charge < -0.3 is 0 Å². The standard InChI is InChI=1S/C9H9BrN2O2S2/c10-7-3-4-15-9(7)16(13,14)12-8(5-11)6-1-2-6/h3-4,6,8,12H,1-2H2. The minimum Gasteiger partial charge on any atom is -0.206 e. The van der Waals surface area contributed by atoms with Crippen LogP contribution in [0.4, 0.5) is 0 Å². The largest absolute Gasteiger partial charge is 0.252 e. The maximum atomic E-state index is 11.9. The van der Waals surface area contributed by atoms with Crippen molar-refractivity contribution < 1.29 is 8.42 Å². The first kappa shape index (κ1) is 12.0. The number of nitrogens with zero attached hydrogens (tertiary/aromatic N) is 1. The van der Waals surface area contributed by atoms with Crippen molar-refractivity contribution in [3.05, 3.63) is 15.9 Å². The Hall–Kier alpha value is -0.420. The fourth-order valence-electron chi connectivity index (χ4n) is 1.35. The Morgan fingerprint density at radius 2 is 2.31 bits per heavy atom. The second-order valence-electron chi connectivity index (χ2n) is 3.62. The van der Waals surface area contributed by atoms with Gasteiger partial charge in [0, 0.05) is 4.47 Å². The monoisotopic (exact) mass is 320 g/mol. The first-order chi connectivity index (χ1) is 7.54. The fraction of sp³-hybridized carbons (Fsp3) is 0.444. The molecule has 0 aliphatic heterocycles. The van der Waals surface area contributed by atoms with Crippen LogP contribution >= 0.6 is 27.3 Å². The van der Waals surface area contributed by atoms with Crippen molar-refractivity contribution in [1.82, 2.24) is 4.72 Å². The Bertz CT molecular complexity index is 528. The summed E-state index contributed by atoms with van der Waals surface area (Å²) in [6, 6.07) is 3.08. The Morgan fingerprint density at radius 3 is 2.75 bits per heavy atom. The van der Waals surface area contributed by atoms with Crippen LogP contribution in [0.2, 0.25) is 0 Å². The lowest BCUT2D eigenvalue weighted by Crippen LogP contribution is -2.35. The first-order valence-corrected chi connectivity index (χ1v) is 7.85. The quantitative estimate of drug-likeness (QED) is 0.923. The van der Waals surface area contributed by atoms with Crippen LogP contribution in [0.25, 0.3) is 0 Å². The molecule has 1 aliphatic carbocycles. The number of rotatable bonds is 4. The van der Waals surface area contributed by atoms with Crippen LogP contribution in [-0.4, -0.2) is 14.5 Å². The summed E-state index contributed by atoms with van der Waals surface area (Å²) in [4.78, 5) is 0. The van der Waals surface area contributed by atoms with Gasteiger partial charge in [-0.05, 0) is 46.1 Å². The average Bonchev–Trinajstić information content (AvgIpc) is 2.97. The van der Waals surface area contributed by atoms with E-state index in [-0.39, 0.29) is 10.1 Å². The number of halogens is 1. The summed E-state index contributed by atoms with van der Waals surface area (Å²) in [6.07, 6.45) is 1.85. The second-order valence-corrected chi connectivity index (χ2v) is 7.30. The molecular formula is C9H9BrN2O2S2. The van der Waals surface area contributed by atoms with Gasteiger partial charge in [-0.15, -0.1) is 11.3 Å². The highest BCUT2D eigenvalue weighted by molar-refractivity contribution is 9.10. The van der Waals surface area contributed by atoms with Crippen molar-refractivity contribution in [3.63, 3.8) is 0 Å². The van der Waals surface area contributed by atoms with Gasteiger partial charge in [0.15, 0.2) is 0 Å². The number of nitrogens with one attached hydrogen (secondary N) is 1. The van der Waals surface area contributed by atoms with Crippen LogP contribution in [0.3, 0.4) is 0 Å². The zero-order chi connectivity index (χ0) is 11.8. The van der Waals surface area contributed by atoms with Crippen molar-refractivity contribution in [2.45, 2.75) is 23.1 Å². The van der Waals surface area contributed by atoms with E-state index in [9.17, 15) is 8.42 Å². The zero-order valence-electron chi connectivity index (χ0n) is 8.18. The SMILES string of the molecule is N#CC(NS(=O)(=O)c1sccc1Br)C1CC1. The van der Waals surface area contributed by atoms with Crippen molar-refractivity contribution in [2.24, 2.45) is 5.92 Å². The minimum absolute atomic E-state index is 0.179. The van der Waals surface area contributed by atoms with Crippen LogP contribution in [0.5, 0.6) is 0 Å². The molecule has 1 aliphatic rings. The second kappa shape index (κ2) is 4.45. The molecule has 1 atom stereocenters. The molecule has 0 radical (unpaired) electrons. The summed E-state index contributed by atoms with van der Waals surface area (Å²) in [5, 5.41) is 10.6. The summed E-state index contributed by atoms with van der Waals surface area (Å²) in [5.74, 6) is 0.179. The van der Waals surface area contributed by atoms with Gasteiger partial charge in [0.1, 0.15) is 10.3 Å². The normalized spacial score (nSPS) is 18.0. The number of sulfonamides is 1. The maximum absolute atomic E-state index is 11.9. The molecule has 0 bridgehead atoms. The van der Waals surface area contributed by atoms with E-state index in [1.165, 1.54) is 0 Å². The molecule has 86 valence electrons. The molecule has 1 heterocycles. The molecule has 7 heteroatoms. The Labute approximate surface area is 106 Å². The van der Waals surface area contributed by atoms with E-state index in [1.807, 2.05) is 6.07 Å². The van der Waals surface area contributed by atoms with E-state index in [4.69, 9.17) is 5.26 Å². The van der Waals surface area contributed by atoms with E-state index in [0.29, 0.717) is 4.47 Å². The van der Waals surface area contributed by atoms with Gasteiger partial charge >= 0.3 is 0 Å². The highest BCUT2D eigenvalue weighted by Crippen LogP contribution is 2.34. The average molecular weight is 321 g/mol. The molecule has 1 aromatic rings. The molecule has 16 heavy (non-hydrogen) atoms. The van der Waals surface area contributed by atoms with Gasteiger partial charge in [-0.25, -0.2) is 8.42 Å².